The molecule has 0 bridgehead atoms. The van der Waals surface area contributed by atoms with E-state index in [2.05, 4.69) is 6.58 Å². The van der Waals surface area contributed by atoms with E-state index in [0.29, 0.717) is 48.1 Å². The van der Waals surface area contributed by atoms with Gasteiger partial charge in [-0.05, 0) is 50.0 Å². The summed E-state index contributed by atoms with van der Waals surface area (Å²) < 4.78 is 16.3. The number of likely N-dealkylation sites (tertiary alicyclic amines) is 1. The molecule has 172 valence electrons. The van der Waals surface area contributed by atoms with Gasteiger partial charge in [-0.2, -0.15) is 0 Å². The first-order valence-electron chi connectivity index (χ1n) is 10.6. The summed E-state index contributed by atoms with van der Waals surface area (Å²) in [6.07, 6.45) is 1.65. The summed E-state index contributed by atoms with van der Waals surface area (Å²) in [4.78, 5) is 29.5. The molecule has 4 rings (SSSR count). The van der Waals surface area contributed by atoms with Gasteiger partial charge >= 0.3 is 0 Å². The Labute approximate surface area is 192 Å². The number of ketones is 1. The van der Waals surface area contributed by atoms with Crippen LogP contribution in [0.15, 0.2) is 60.7 Å². The highest BCUT2D eigenvalue weighted by Crippen LogP contribution is 2.41. The quantitative estimate of drug-likeness (QED) is 0.286. The van der Waals surface area contributed by atoms with Gasteiger partial charge in [-0.1, -0.05) is 24.8 Å². The van der Waals surface area contributed by atoms with Crippen LogP contribution in [-0.2, 0) is 9.59 Å². The zero-order valence-electron chi connectivity index (χ0n) is 18.6. The Hall–Kier alpha value is -3.78. The molecule has 2 aromatic carbocycles. The van der Waals surface area contributed by atoms with E-state index in [1.807, 2.05) is 19.0 Å². The van der Waals surface area contributed by atoms with Gasteiger partial charge in [0.05, 0.1) is 11.6 Å². The van der Waals surface area contributed by atoms with E-state index in [1.54, 1.807) is 48.5 Å². The average molecular weight is 450 g/mol. The third kappa shape index (κ3) is 4.42. The van der Waals surface area contributed by atoms with Crippen LogP contribution in [0.3, 0.4) is 0 Å². The largest absolute Gasteiger partial charge is 0.507 e. The molecule has 8 nitrogen and oxygen atoms in total. The van der Waals surface area contributed by atoms with Crippen molar-refractivity contribution in [2.24, 2.45) is 0 Å². The van der Waals surface area contributed by atoms with Crippen molar-refractivity contribution in [1.29, 1.82) is 0 Å². The normalized spacial score (nSPS) is 18.8. The minimum atomic E-state index is -0.733. The number of carbonyl (C=O) groups is 2. The lowest BCUT2D eigenvalue weighted by molar-refractivity contribution is -0.140. The number of nitrogens with zero attached hydrogens (tertiary/aromatic N) is 2. The monoisotopic (exact) mass is 450 g/mol. The number of rotatable bonds is 8. The number of hydrogen-bond acceptors (Lipinski definition) is 7. The second-order valence-corrected chi connectivity index (χ2v) is 8.03. The number of likely N-dealkylation sites (N-methyl/N-ethyl adjacent to an activating group) is 1. The SMILES string of the molecule is C=CCOc1ccc(C2C(=C(O)c3ccc4c(c3)OCO4)C(=O)C(=O)N2CCN(C)C)cc1. The first-order valence-corrected chi connectivity index (χ1v) is 10.6. The number of fused-ring (bicyclic) bond motifs is 1. The summed E-state index contributed by atoms with van der Waals surface area (Å²) in [7, 11) is 3.79. The highest BCUT2D eigenvalue weighted by molar-refractivity contribution is 6.46. The third-order valence-corrected chi connectivity index (χ3v) is 5.54. The fourth-order valence-corrected chi connectivity index (χ4v) is 3.87. The van der Waals surface area contributed by atoms with Crippen LogP contribution in [0.25, 0.3) is 5.76 Å². The summed E-state index contributed by atoms with van der Waals surface area (Å²) in [5.41, 5.74) is 1.11. The Morgan fingerprint density at radius 1 is 1.18 bits per heavy atom. The van der Waals surface area contributed by atoms with Crippen molar-refractivity contribution in [3.63, 3.8) is 0 Å². The number of amides is 1. The van der Waals surface area contributed by atoms with Gasteiger partial charge in [-0.15, -0.1) is 0 Å². The Bertz CT molecular complexity index is 1110. The Morgan fingerprint density at radius 2 is 1.91 bits per heavy atom. The molecule has 0 radical (unpaired) electrons. The van der Waals surface area contributed by atoms with Gasteiger partial charge in [-0.3, -0.25) is 9.59 Å². The molecule has 1 N–H and O–H groups in total. The molecule has 0 spiro atoms. The van der Waals surface area contributed by atoms with Crippen molar-refractivity contribution in [2.75, 3.05) is 40.6 Å². The predicted octanol–water partition coefficient (Wildman–Crippen LogP) is 2.96. The van der Waals surface area contributed by atoms with Gasteiger partial charge in [0.1, 0.15) is 18.1 Å². The van der Waals surface area contributed by atoms with Crippen molar-refractivity contribution in [3.05, 3.63) is 71.8 Å². The topological polar surface area (TPSA) is 88.5 Å². The summed E-state index contributed by atoms with van der Waals surface area (Å²) in [6, 6.07) is 11.3. The van der Waals surface area contributed by atoms with E-state index in [1.165, 1.54) is 4.90 Å². The number of Topliss-reactive ketones (excluding diaryl/α,β-unsaturated/α-hetero) is 1. The summed E-state index contributed by atoms with van der Waals surface area (Å²) in [5, 5.41) is 11.2. The van der Waals surface area contributed by atoms with E-state index in [4.69, 9.17) is 14.2 Å². The minimum Gasteiger partial charge on any atom is -0.507 e. The minimum absolute atomic E-state index is 0.0392. The molecule has 33 heavy (non-hydrogen) atoms. The van der Waals surface area contributed by atoms with E-state index in [-0.39, 0.29) is 18.1 Å². The number of aliphatic hydroxyl groups is 1. The van der Waals surface area contributed by atoms with Crippen LogP contribution in [0.4, 0.5) is 0 Å². The highest BCUT2D eigenvalue weighted by Gasteiger charge is 2.46. The first kappa shape index (κ1) is 22.4. The van der Waals surface area contributed by atoms with Gasteiger partial charge in [-0.25, -0.2) is 0 Å². The second-order valence-electron chi connectivity index (χ2n) is 8.03. The summed E-state index contributed by atoms with van der Waals surface area (Å²) in [6.45, 7) is 4.99. The van der Waals surface area contributed by atoms with Gasteiger partial charge in [0.2, 0.25) is 6.79 Å². The van der Waals surface area contributed by atoms with Crippen LogP contribution >= 0.6 is 0 Å². The zero-order valence-corrected chi connectivity index (χ0v) is 18.6. The Balaban J connectivity index is 1.77. The molecule has 2 heterocycles. The second kappa shape index (κ2) is 9.38. The maximum absolute atomic E-state index is 13.1. The molecule has 1 atom stereocenters. The van der Waals surface area contributed by atoms with Gasteiger partial charge in [0.15, 0.2) is 11.5 Å². The summed E-state index contributed by atoms with van der Waals surface area (Å²) >= 11 is 0. The molecule has 2 aromatic rings. The van der Waals surface area contributed by atoms with Crippen LogP contribution < -0.4 is 14.2 Å². The molecule has 2 aliphatic rings. The number of hydrogen-bond donors (Lipinski definition) is 1. The Kier molecular flexibility index (Phi) is 6.37. The molecule has 2 aliphatic heterocycles. The number of aliphatic hydroxyl groups excluding tert-OH is 1. The lowest BCUT2D eigenvalue weighted by atomic mass is 9.95. The number of carbonyl (C=O) groups excluding carboxylic acids is 2. The van der Waals surface area contributed by atoms with E-state index >= 15 is 0 Å². The molecule has 0 aliphatic carbocycles. The fraction of sp³-hybridized carbons (Fsp3) is 0.280. The molecular formula is C25H26N2O6. The van der Waals surface area contributed by atoms with Crippen LogP contribution in [0, 0.1) is 0 Å². The summed E-state index contributed by atoms with van der Waals surface area (Å²) in [5.74, 6) is 0.0542. The van der Waals surface area contributed by atoms with Crippen molar-refractivity contribution >= 4 is 17.4 Å². The van der Waals surface area contributed by atoms with Crippen molar-refractivity contribution < 1.29 is 28.9 Å². The fourth-order valence-electron chi connectivity index (χ4n) is 3.87. The maximum atomic E-state index is 13.1. The van der Waals surface area contributed by atoms with Crippen molar-refractivity contribution in [3.8, 4) is 17.2 Å². The molecule has 1 amide bonds. The van der Waals surface area contributed by atoms with Crippen molar-refractivity contribution in [1.82, 2.24) is 9.80 Å². The third-order valence-electron chi connectivity index (χ3n) is 5.54. The molecule has 1 saturated heterocycles. The van der Waals surface area contributed by atoms with Gasteiger partial charge < -0.3 is 29.1 Å². The zero-order chi connectivity index (χ0) is 23.5. The average Bonchev–Trinajstić information content (AvgIpc) is 3.38. The van der Waals surface area contributed by atoms with Crippen molar-refractivity contribution in [2.45, 2.75) is 6.04 Å². The van der Waals surface area contributed by atoms with E-state index < -0.39 is 17.7 Å². The molecular weight excluding hydrogens is 424 g/mol. The van der Waals surface area contributed by atoms with Crippen LogP contribution in [0.1, 0.15) is 17.2 Å². The van der Waals surface area contributed by atoms with Crippen LogP contribution in [-0.4, -0.2) is 67.2 Å². The van der Waals surface area contributed by atoms with Gasteiger partial charge in [0.25, 0.3) is 11.7 Å². The smallest absolute Gasteiger partial charge is 0.295 e. The lowest BCUT2D eigenvalue weighted by Gasteiger charge is -2.26. The molecule has 0 aromatic heterocycles. The van der Waals surface area contributed by atoms with E-state index in [0.717, 1.165) is 0 Å². The molecule has 0 saturated carbocycles. The van der Waals surface area contributed by atoms with Gasteiger partial charge in [0, 0.05) is 18.7 Å². The Morgan fingerprint density at radius 3 is 2.61 bits per heavy atom. The standard InChI is InChI=1S/C25H26N2O6/c1-4-13-31-18-8-5-16(6-9-18)22-21(24(29)25(30)27(22)12-11-26(2)3)23(28)17-7-10-19-20(14-17)33-15-32-19/h4-10,14,22,28H,1,11-13,15H2,2-3H3. The highest BCUT2D eigenvalue weighted by atomic mass is 16.7. The van der Waals surface area contributed by atoms with Crippen LogP contribution in [0.5, 0.6) is 17.2 Å². The predicted molar refractivity (Wildman–Crippen MR) is 122 cm³/mol. The molecule has 8 heteroatoms. The maximum Gasteiger partial charge on any atom is 0.295 e. The molecule has 1 fully saturated rings. The number of benzene rings is 2. The first-order chi connectivity index (χ1) is 15.9. The number of ether oxygens (including phenoxy) is 3. The van der Waals surface area contributed by atoms with Crippen LogP contribution in [0.2, 0.25) is 0 Å². The van der Waals surface area contributed by atoms with E-state index in [9.17, 15) is 14.7 Å². The molecule has 1 unspecified atom stereocenters. The lowest BCUT2D eigenvalue weighted by Crippen LogP contribution is -2.35.